The van der Waals surface area contributed by atoms with Crippen molar-refractivity contribution in [2.75, 3.05) is 31.1 Å². The van der Waals surface area contributed by atoms with Gasteiger partial charge < -0.3 is 9.64 Å². The van der Waals surface area contributed by atoms with Crippen LogP contribution in [-0.2, 0) is 6.54 Å². The molecule has 1 aliphatic heterocycles. The van der Waals surface area contributed by atoms with E-state index in [1.807, 2.05) is 13.0 Å². The molecule has 28 heavy (non-hydrogen) atoms. The molecule has 4 rings (SSSR count). The Hall–Kier alpha value is -2.99. The van der Waals surface area contributed by atoms with Crippen molar-refractivity contribution in [1.29, 1.82) is 0 Å². The molecule has 0 unspecified atom stereocenters. The lowest BCUT2D eigenvalue weighted by atomic mass is 10.2. The molecule has 1 saturated heterocycles. The minimum absolute atomic E-state index is 0.178. The number of piperazine rings is 1. The number of rotatable bonds is 5. The van der Waals surface area contributed by atoms with Crippen LogP contribution >= 0.6 is 0 Å². The number of aromatic nitrogens is 2. The van der Waals surface area contributed by atoms with Gasteiger partial charge in [0.1, 0.15) is 12.1 Å². The predicted octanol–water partition coefficient (Wildman–Crippen LogP) is 4.04. The maximum atomic E-state index is 13.9. The van der Waals surface area contributed by atoms with E-state index in [4.69, 9.17) is 4.74 Å². The molecule has 1 aromatic heterocycles. The van der Waals surface area contributed by atoms with Gasteiger partial charge in [0.05, 0.1) is 0 Å². The second-order valence-corrected chi connectivity index (χ2v) is 7.00. The highest BCUT2D eigenvalue weighted by atomic mass is 19.1. The van der Waals surface area contributed by atoms with E-state index in [-0.39, 0.29) is 5.75 Å². The lowest BCUT2D eigenvalue weighted by Gasteiger charge is -2.35. The van der Waals surface area contributed by atoms with E-state index in [0.717, 1.165) is 44.1 Å². The summed E-state index contributed by atoms with van der Waals surface area (Å²) in [5.41, 5.74) is 2.26. The molecule has 0 radical (unpaired) electrons. The monoisotopic (exact) mass is 378 g/mol. The molecule has 1 fully saturated rings. The maximum Gasteiger partial charge on any atom is 0.224 e. The molecule has 0 amide bonds. The van der Waals surface area contributed by atoms with Gasteiger partial charge in [-0.05, 0) is 30.2 Å². The number of aryl methyl sites for hydroxylation is 1. The van der Waals surface area contributed by atoms with Crippen molar-refractivity contribution in [2.45, 2.75) is 13.5 Å². The smallest absolute Gasteiger partial charge is 0.224 e. The Morgan fingerprint density at radius 1 is 0.964 bits per heavy atom. The quantitative estimate of drug-likeness (QED) is 0.670. The Balaban J connectivity index is 1.39. The lowest BCUT2D eigenvalue weighted by molar-refractivity contribution is 0.249. The summed E-state index contributed by atoms with van der Waals surface area (Å²) in [6, 6.07) is 17.1. The molecule has 2 aromatic carbocycles. The van der Waals surface area contributed by atoms with Gasteiger partial charge in [-0.2, -0.15) is 0 Å². The normalized spacial score (nSPS) is 14.9. The molecule has 0 bridgehead atoms. The van der Waals surface area contributed by atoms with Gasteiger partial charge in [-0.25, -0.2) is 14.4 Å². The van der Waals surface area contributed by atoms with Crippen LogP contribution in [0.5, 0.6) is 11.6 Å². The highest BCUT2D eigenvalue weighted by molar-refractivity contribution is 5.43. The van der Waals surface area contributed by atoms with Crippen LogP contribution in [0.4, 0.5) is 10.2 Å². The Morgan fingerprint density at radius 2 is 1.75 bits per heavy atom. The first-order chi connectivity index (χ1) is 13.7. The average molecular weight is 378 g/mol. The molecule has 0 spiro atoms. The third-order valence-corrected chi connectivity index (χ3v) is 4.87. The fourth-order valence-corrected chi connectivity index (χ4v) is 3.34. The molecule has 1 aliphatic rings. The van der Waals surface area contributed by atoms with Gasteiger partial charge in [0.15, 0.2) is 11.6 Å². The van der Waals surface area contributed by atoms with E-state index in [2.05, 4.69) is 44.0 Å². The van der Waals surface area contributed by atoms with E-state index >= 15 is 0 Å². The molecule has 144 valence electrons. The van der Waals surface area contributed by atoms with Crippen LogP contribution in [0.1, 0.15) is 11.1 Å². The minimum Gasteiger partial charge on any atom is -0.436 e. The van der Waals surface area contributed by atoms with Crippen LogP contribution in [0.3, 0.4) is 0 Å². The second-order valence-electron chi connectivity index (χ2n) is 7.00. The molecule has 0 atom stereocenters. The number of anilines is 1. The fraction of sp³-hybridized carbons (Fsp3) is 0.273. The van der Waals surface area contributed by atoms with Crippen molar-refractivity contribution in [3.8, 4) is 11.6 Å². The summed E-state index contributed by atoms with van der Waals surface area (Å²) in [6.07, 6.45) is 1.47. The number of benzene rings is 2. The zero-order valence-corrected chi connectivity index (χ0v) is 15.9. The fourth-order valence-electron chi connectivity index (χ4n) is 3.34. The molecule has 2 heterocycles. The van der Waals surface area contributed by atoms with E-state index in [1.54, 1.807) is 18.2 Å². The summed E-state index contributed by atoms with van der Waals surface area (Å²) in [6.45, 7) is 6.53. The molecule has 0 N–H and O–H groups in total. The van der Waals surface area contributed by atoms with Gasteiger partial charge in [0.25, 0.3) is 0 Å². The van der Waals surface area contributed by atoms with Crippen molar-refractivity contribution in [2.24, 2.45) is 0 Å². The Kier molecular flexibility index (Phi) is 5.48. The van der Waals surface area contributed by atoms with Gasteiger partial charge in [-0.1, -0.05) is 36.4 Å². The standard InChI is InChI=1S/C22H23FN4O/c1-17-7-8-19(23)20(13-17)28-22-14-21(24-16-25-22)27-11-9-26(10-12-27)15-18-5-3-2-4-6-18/h2-8,13-14,16H,9-12,15H2,1H3. The van der Waals surface area contributed by atoms with Crippen LogP contribution in [0.25, 0.3) is 0 Å². The number of hydrogen-bond acceptors (Lipinski definition) is 5. The number of ether oxygens (including phenoxy) is 1. The van der Waals surface area contributed by atoms with Crippen molar-refractivity contribution in [3.05, 3.63) is 77.9 Å². The number of hydrogen-bond donors (Lipinski definition) is 0. The maximum absolute atomic E-state index is 13.9. The van der Waals surface area contributed by atoms with Crippen LogP contribution in [0, 0.1) is 12.7 Å². The number of nitrogens with zero attached hydrogens (tertiary/aromatic N) is 4. The molecular formula is C22H23FN4O. The van der Waals surface area contributed by atoms with E-state index in [1.165, 1.54) is 18.0 Å². The lowest BCUT2D eigenvalue weighted by Crippen LogP contribution is -2.46. The molecule has 5 nitrogen and oxygen atoms in total. The van der Waals surface area contributed by atoms with Crippen LogP contribution in [0.2, 0.25) is 0 Å². The van der Waals surface area contributed by atoms with Crippen LogP contribution in [-0.4, -0.2) is 41.0 Å². The van der Waals surface area contributed by atoms with E-state index in [0.29, 0.717) is 5.88 Å². The van der Waals surface area contributed by atoms with E-state index < -0.39 is 5.82 Å². The largest absolute Gasteiger partial charge is 0.436 e. The van der Waals surface area contributed by atoms with Crippen molar-refractivity contribution in [3.63, 3.8) is 0 Å². The topological polar surface area (TPSA) is 41.5 Å². The zero-order valence-electron chi connectivity index (χ0n) is 15.9. The van der Waals surface area contributed by atoms with Crippen molar-refractivity contribution in [1.82, 2.24) is 14.9 Å². The first kappa shape index (κ1) is 18.4. The molecule has 6 heteroatoms. The molecule has 3 aromatic rings. The SMILES string of the molecule is Cc1ccc(F)c(Oc2cc(N3CCN(Cc4ccccc4)CC3)ncn2)c1. The van der Waals surface area contributed by atoms with Gasteiger partial charge in [0.2, 0.25) is 5.88 Å². The summed E-state index contributed by atoms with van der Waals surface area (Å²) in [4.78, 5) is 13.2. The van der Waals surface area contributed by atoms with Gasteiger partial charge in [0, 0.05) is 38.8 Å². The first-order valence-corrected chi connectivity index (χ1v) is 9.45. The molecule has 0 aliphatic carbocycles. The third kappa shape index (κ3) is 4.46. The average Bonchev–Trinajstić information content (AvgIpc) is 2.72. The van der Waals surface area contributed by atoms with Crippen LogP contribution < -0.4 is 9.64 Å². The summed E-state index contributed by atoms with van der Waals surface area (Å²) in [5.74, 6) is 0.927. The van der Waals surface area contributed by atoms with Gasteiger partial charge >= 0.3 is 0 Å². The third-order valence-electron chi connectivity index (χ3n) is 4.87. The minimum atomic E-state index is -0.403. The Labute approximate surface area is 164 Å². The Morgan fingerprint density at radius 3 is 2.54 bits per heavy atom. The highest BCUT2D eigenvalue weighted by Gasteiger charge is 2.19. The van der Waals surface area contributed by atoms with Gasteiger partial charge in [-0.3, -0.25) is 4.90 Å². The van der Waals surface area contributed by atoms with Crippen molar-refractivity contribution >= 4 is 5.82 Å². The summed E-state index contributed by atoms with van der Waals surface area (Å²) in [5, 5.41) is 0. The Bertz CT molecular complexity index is 927. The first-order valence-electron chi connectivity index (χ1n) is 9.45. The summed E-state index contributed by atoms with van der Waals surface area (Å²) < 4.78 is 19.6. The predicted molar refractivity (Wildman–Crippen MR) is 107 cm³/mol. The van der Waals surface area contributed by atoms with Crippen molar-refractivity contribution < 1.29 is 9.13 Å². The number of halogens is 1. The van der Waals surface area contributed by atoms with Crippen LogP contribution in [0.15, 0.2) is 60.9 Å². The van der Waals surface area contributed by atoms with E-state index in [9.17, 15) is 4.39 Å². The highest BCUT2D eigenvalue weighted by Crippen LogP contribution is 2.26. The summed E-state index contributed by atoms with van der Waals surface area (Å²) >= 11 is 0. The summed E-state index contributed by atoms with van der Waals surface area (Å²) in [7, 11) is 0. The molecule has 0 saturated carbocycles. The second kappa shape index (κ2) is 8.35. The van der Waals surface area contributed by atoms with Gasteiger partial charge in [-0.15, -0.1) is 0 Å². The molecular weight excluding hydrogens is 355 g/mol. The zero-order chi connectivity index (χ0) is 19.3.